The summed E-state index contributed by atoms with van der Waals surface area (Å²) in [5, 5.41) is 0.863. The number of aromatic nitrogens is 1. The lowest BCUT2D eigenvalue weighted by molar-refractivity contribution is 0.0515. The van der Waals surface area contributed by atoms with Crippen molar-refractivity contribution in [2.45, 2.75) is 20.4 Å². The highest BCUT2D eigenvalue weighted by Crippen LogP contribution is 2.24. The highest BCUT2D eigenvalue weighted by atomic mass is 16.5. The Bertz CT molecular complexity index is 894. The molecule has 1 aromatic heterocycles. The molecule has 4 nitrogen and oxygen atoms in total. The van der Waals surface area contributed by atoms with Gasteiger partial charge in [-0.15, -0.1) is 0 Å². The van der Waals surface area contributed by atoms with Gasteiger partial charge >= 0.3 is 5.97 Å². The van der Waals surface area contributed by atoms with Crippen molar-refractivity contribution in [3.63, 3.8) is 0 Å². The molecule has 0 aliphatic heterocycles. The molecule has 2 aromatic carbocycles. The molecule has 24 heavy (non-hydrogen) atoms. The zero-order valence-corrected chi connectivity index (χ0v) is 13.8. The summed E-state index contributed by atoms with van der Waals surface area (Å²) in [6.07, 6.45) is 0. The van der Waals surface area contributed by atoms with E-state index in [1.165, 1.54) is 6.92 Å². The maximum Gasteiger partial charge on any atom is 0.354 e. The molecule has 0 amide bonds. The lowest BCUT2D eigenvalue weighted by atomic mass is 10.1. The second-order valence-electron chi connectivity index (χ2n) is 5.65. The molecule has 0 aliphatic carbocycles. The number of ketones is 1. The van der Waals surface area contributed by atoms with Crippen LogP contribution in [-0.2, 0) is 11.3 Å². The quantitative estimate of drug-likeness (QED) is 0.526. The number of benzene rings is 2. The van der Waals surface area contributed by atoms with Crippen LogP contribution in [0.4, 0.5) is 0 Å². The minimum atomic E-state index is -0.353. The van der Waals surface area contributed by atoms with Gasteiger partial charge in [0.15, 0.2) is 5.78 Å². The smallest absolute Gasteiger partial charge is 0.354 e. The van der Waals surface area contributed by atoms with E-state index in [2.05, 4.69) is 0 Å². The molecular weight excluding hydrogens is 302 g/mol. The molecule has 0 N–H and O–H groups in total. The zero-order chi connectivity index (χ0) is 17.1. The van der Waals surface area contributed by atoms with Crippen molar-refractivity contribution in [2.24, 2.45) is 0 Å². The summed E-state index contributed by atoms with van der Waals surface area (Å²) in [7, 11) is 0. The van der Waals surface area contributed by atoms with Crippen LogP contribution in [0.2, 0.25) is 0 Å². The Hall–Kier alpha value is -2.88. The predicted molar refractivity (Wildman–Crippen MR) is 93.4 cm³/mol. The fourth-order valence-electron chi connectivity index (χ4n) is 2.80. The second kappa shape index (κ2) is 6.71. The molecule has 4 heteroatoms. The highest BCUT2D eigenvalue weighted by molar-refractivity contribution is 6.01. The molecule has 0 unspecified atom stereocenters. The van der Waals surface area contributed by atoms with E-state index in [9.17, 15) is 9.59 Å². The first-order valence-corrected chi connectivity index (χ1v) is 7.95. The van der Waals surface area contributed by atoms with Crippen molar-refractivity contribution < 1.29 is 14.3 Å². The van der Waals surface area contributed by atoms with E-state index in [1.54, 1.807) is 19.1 Å². The standard InChI is InChI=1S/C20H19NO3/c1-3-24-20(23)19-12-17-11-16(14(2)22)9-10-18(17)21(19)13-15-7-5-4-6-8-15/h4-12H,3,13H2,1-2H3. The number of fused-ring (bicyclic) bond motifs is 1. The van der Waals surface area contributed by atoms with Gasteiger partial charge in [0.25, 0.3) is 0 Å². The van der Waals surface area contributed by atoms with E-state index in [1.807, 2.05) is 47.0 Å². The van der Waals surface area contributed by atoms with Crippen LogP contribution in [0, 0.1) is 0 Å². The number of ether oxygens (including phenoxy) is 1. The molecule has 0 spiro atoms. The summed E-state index contributed by atoms with van der Waals surface area (Å²) in [5.74, 6) is -0.348. The van der Waals surface area contributed by atoms with Crippen LogP contribution >= 0.6 is 0 Å². The fraction of sp³-hybridized carbons (Fsp3) is 0.200. The van der Waals surface area contributed by atoms with Crippen molar-refractivity contribution in [3.8, 4) is 0 Å². The molecule has 0 saturated carbocycles. The third-order valence-corrected chi connectivity index (χ3v) is 3.98. The molecule has 0 bridgehead atoms. The molecule has 0 atom stereocenters. The fourth-order valence-corrected chi connectivity index (χ4v) is 2.80. The number of rotatable bonds is 5. The van der Waals surface area contributed by atoms with Crippen LogP contribution in [0.25, 0.3) is 10.9 Å². The summed E-state index contributed by atoms with van der Waals surface area (Å²) >= 11 is 0. The third kappa shape index (κ3) is 3.08. The number of hydrogen-bond acceptors (Lipinski definition) is 3. The molecule has 122 valence electrons. The zero-order valence-electron chi connectivity index (χ0n) is 13.8. The van der Waals surface area contributed by atoms with Gasteiger partial charge < -0.3 is 9.30 Å². The molecule has 0 saturated heterocycles. The van der Waals surface area contributed by atoms with Crippen LogP contribution in [-0.4, -0.2) is 22.9 Å². The summed E-state index contributed by atoms with van der Waals surface area (Å²) in [4.78, 5) is 23.9. The van der Waals surface area contributed by atoms with Gasteiger partial charge in [0.2, 0.25) is 0 Å². The van der Waals surface area contributed by atoms with Gasteiger partial charge in [0.05, 0.1) is 6.61 Å². The molecular formula is C20H19NO3. The Morgan fingerprint density at radius 2 is 1.79 bits per heavy atom. The molecule has 0 aliphatic rings. The molecule has 3 aromatic rings. The van der Waals surface area contributed by atoms with Gasteiger partial charge in [-0.1, -0.05) is 30.3 Å². The van der Waals surface area contributed by atoms with Gasteiger partial charge in [0, 0.05) is 23.0 Å². The SMILES string of the molecule is CCOC(=O)c1cc2cc(C(C)=O)ccc2n1Cc1ccccc1. The van der Waals surface area contributed by atoms with Crippen molar-refractivity contribution in [3.05, 3.63) is 71.4 Å². The van der Waals surface area contributed by atoms with E-state index in [0.29, 0.717) is 24.4 Å². The van der Waals surface area contributed by atoms with Crippen LogP contribution in [0.5, 0.6) is 0 Å². The second-order valence-corrected chi connectivity index (χ2v) is 5.65. The van der Waals surface area contributed by atoms with Gasteiger partial charge in [-0.05, 0) is 43.7 Å². The summed E-state index contributed by atoms with van der Waals surface area (Å²) in [5.41, 5.74) is 3.13. The predicted octanol–water partition coefficient (Wildman–Crippen LogP) is 4.07. The summed E-state index contributed by atoms with van der Waals surface area (Å²) < 4.78 is 7.12. The van der Waals surface area contributed by atoms with E-state index >= 15 is 0 Å². The topological polar surface area (TPSA) is 48.3 Å². The van der Waals surface area contributed by atoms with Crippen molar-refractivity contribution in [1.82, 2.24) is 4.57 Å². The van der Waals surface area contributed by atoms with Gasteiger partial charge in [0.1, 0.15) is 5.69 Å². The van der Waals surface area contributed by atoms with Crippen molar-refractivity contribution >= 4 is 22.7 Å². The van der Waals surface area contributed by atoms with Crippen molar-refractivity contribution in [1.29, 1.82) is 0 Å². The van der Waals surface area contributed by atoms with Crippen LogP contribution in [0.1, 0.15) is 40.3 Å². The lowest BCUT2D eigenvalue weighted by Crippen LogP contribution is -2.12. The number of carbonyl (C=O) groups is 2. The Morgan fingerprint density at radius 1 is 1.04 bits per heavy atom. The lowest BCUT2D eigenvalue weighted by Gasteiger charge is -2.10. The van der Waals surface area contributed by atoms with E-state index < -0.39 is 0 Å². The Balaban J connectivity index is 2.13. The highest BCUT2D eigenvalue weighted by Gasteiger charge is 2.17. The van der Waals surface area contributed by atoms with Gasteiger partial charge in [-0.3, -0.25) is 4.79 Å². The first kappa shape index (κ1) is 16.0. The van der Waals surface area contributed by atoms with E-state index in [0.717, 1.165) is 16.5 Å². The number of Topliss-reactive ketones (excluding diaryl/α,β-unsaturated/α-hetero) is 1. The normalized spacial score (nSPS) is 10.8. The molecule has 1 heterocycles. The van der Waals surface area contributed by atoms with Crippen LogP contribution in [0.15, 0.2) is 54.6 Å². The Morgan fingerprint density at radius 3 is 2.46 bits per heavy atom. The number of esters is 1. The largest absolute Gasteiger partial charge is 0.461 e. The summed E-state index contributed by atoms with van der Waals surface area (Å²) in [6.45, 7) is 4.21. The number of nitrogens with zero attached hydrogens (tertiary/aromatic N) is 1. The maximum atomic E-state index is 12.3. The third-order valence-electron chi connectivity index (χ3n) is 3.98. The number of carbonyl (C=O) groups excluding carboxylic acids is 2. The van der Waals surface area contributed by atoms with Crippen LogP contribution in [0.3, 0.4) is 0 Å². The minimum absolute atomic E-state index is 0.00499. The monoisotopic (exact) mass is 321 g/mol. The van der Waals surface area contributed by atoms with Gasteiger partial charge in [-0.2, -0.15) is 0 Å². The molecule has 3 rings (SSSR count). The first-order chi connectivity index (χ1) is 11.6. The first-order valence-electron chi connectivity index (χ1n) is 7.95. The summed E-state index contributed by atoms with van der Waals surface area (Å²) in [6, 6.07) is 17.2. The van der Waals surface area contributed by atoms with Crippen LogP contribution < -0.4 is 0 Å². The van der Waals surface area contributed by atoms with E-state index in [-0.39, 0.29) is 11.8 Å². The maximum absolute atomic E-state index is 12.3. The van der Waals surface area contributed by atoms with Gasteiger partial charge in [-0.25, -0.2) is 4.79 Å². The molecule has 0 radical (unpaired) electrons. The van der Waals surface area contributed by atoms with E-state index in [4.69, 9.17) is 4.74 Å². The Kier molecular flexibility index (Phi) is 4.47. The Labute approximate surface area is 140 Å². The minimum Gasteiger partial charge on any atom is -0.461 e. The average molecular weight is 321 g/mol. The number of hydrogen-bond donors (Lipinski definition) is 0. The molecule has 0 fully saturated rings. The van der Waals surface area contributed by atoms with Crippen molar-refractivity contribution in [2.75, 3.05) is 6.61 Å². The average Bonchev–Trinajstić information content (AvgIpc) is 2.94.